The molecule has 4 rings (SSSR count). The second-order valence-corrected chi connectivity index (χ2v) is 7.62. The number of halogens is 2. The van der Waals surface area contributed by atoms with Crippen LogP contribution in [0.3, 0.4) is 0 Å². The number of rotatable bonds is 7. The van der Waals surface area contributed by atoms with E-state index in [1.807, 2.05) is 4.90 Å². The average molecular weight is 431 g/mol. The SMILES string of the molecule is COCCCc1cnc(-c2cc3ccoc3c(F)c2F)c(N2CCC(C(=O)O)CC2)n1. The Kier molecular flexibility index (Phi) is 6.13. The Hall–Kier alpha value is -3.07. The number of aliphatic carboxylic acids is 1. The van der Waals surface area contributed by atoms with Crippen molar-refractivity contribution in [3.05, 3.63) is 41.9 Å². The van der Waals surface area contributed by atoms with Crippen molar-refractivity contribution in [2.45, 2.75) is 25.7 Å². The van der Waals surface area contributed by atoms with Crippen LogP contribution >= 0.6 is 0 Å². The number of carboxylic acid groups (broad SMARTS) is 1. The molecule has 1 aliphatic rings. The molecule has 164 valence electrons. The van der Waals surface area contributed by atoms with Crippen molar-refractivity contribution in [3.8, 4) is 11.3 Å². The summed E-state index contributed by atoms with van der Waals surface area (Å²) in [6, 6.07) is 3.06. The highest BCUT2D eigenvalue weighted by Gasteiger charge is 2.29. The Morgan fingerprint density at radius 1 is 1.32 bits per heavy atom. The summed E-state index contributed by atoms with van der Waals surface area (Å²) >= 11 is 0. The number of anilines is 1. The highest BCUT2D eigenvalue weighted by molar-refractivity contribution is 5.86. The first kappa shape index (κ1) is 21.2. The molecule has 0 bridgehead atoms. The molecule has 1 N–H and O–H groups in total. The molecular formula is C22H23F2N3O4. The first-order valence-corrected chi connectivity index (χ1v) is 10.2. The minimum Gasteiger partial charge on any atom is -0.481 e. The quantitative estimate of drug-likeness (QED) is 0.565. The van der Waals surface area contributed by atoms with E-state index in [0.29, 0.717) is 55.9 Å². The first-order valence-electron chi connectivity index (χ1n) is 10.2. The fourth-order valence-electron chi connectivity index (χ4n) is 3.90. The molecule has 0 amide bonds. The number of aromatic nitrogens is 2. The largest absolute Gasteiger partial charge is 0.481 e. The van der Waals surface area contributed by atoms with Gasteiger partial charge in [0.05, 0.1) is 17.9 Å². The molecule has 1 fully saturated rings. The van der Waals surface area contributed by atoms with Crippen LogP contribution < -0.4 is 4.90 Å². The van der Waals surface area contributed by atoms with Crippen molar-refractivity contribution in [2.24, 2.45) is 5.92 Å². The van der Waals surface area contributed by atoms with Gasteiger partial charge in [0.15, 0.2) is 17.2 Å². The van der Waals surface area contributed by atoms with Crippen LogP contribution in [0.2, 0.25) is 0 Å². The average Bonchev–Trinajstić information content (AvgIpc) is 3.25. The lowest BCUT2D eigenvalue weighted by Gasteiger charge is -2.32. The maximum absolute atomic E-state index is 14.9. The van der Waals surface area contributed by atoms with E-state index in [0.717, 1.165) is 6.42 Å². The number of benzene rings is 1. The third-order valence-electron chi connectivity index (χ3n) is 5.61. The molecule has 0 aliphatic carbocycles. The third kappa shape index (κ3) is 4.23. The number of hydrogen-bond donors (Lipinski definition) is 1. The molecule has 3 heterocycles. The normalized spacial score (nSPS) is 15.0. The fourth-order valence-corrected chi connectivity index (χ4v) is 3.90. The number of carboxylic acids is 1. The molecule has 7 nitrogen and oxygen atoms in total. The number of methoxy groups -OCH3 is 1. The van der Waals surface area contributed by atoms with Crippen LogP contribution in [0.5, 0.6) is 0 Å². The zero-order valence-corrected chi connectivity index (χ0v) is 17.1. The number of aryl methyl sites for hydroxylation is 1. The number of piperidine rings is 1. The van der Waals surface area contributed by atoms with E-state index < -0.39 is 23.5 Å². The standard InChI is InChI=1S/C22H23F2N3O4/c1-30-9-2-3-15-12-25-19(16-11-14-6-10-31-20(14)18(24)17(16)23)21(26-15)27-7-4-13(5-8-27)22(28)29/h6,10-13H,2-5,7-9H2,1H3,(H,28,29). The summed E-state index contributed by atoms with van der Waals surface area (Å²) in [6.45, 7) is 1.45. The predicted octanol–water partition coefficient (Wildman–Crippen LogP) is 4.05. The summed E-state index contributed by atoms with van der Waals surface area (Å²) in [5.74, 6) is -2.93. The van der Waals surface area contributed by atoms with Crippen LogP contribution in [0.25, 0.3) is 22.2 Å². The van der Waals surface area contributed by atoms with Gasteiger partial charge in [-0.15, -0.1) is 0 Å². The van der Waals surface area contributed by atoms with Gasteiger partial charge in [-0.3, -0.25) is 9.78 Å². The predicted molar refractivity (Wildman–Crippen MR) is 110 cm³/mol. The molecule has 31 heavy (non-hydrogen) atoms. The molecule has 0 unspecified atom stereocenters. The van der Waals surface area contributed by atoms with Crippen LogP contribution in [0.4, 0.5) is 14.6 Å². The number of hydrogen-bond acceptors (Lipinski definition) is 6. The summed E-state index contributed by atoms with van der Waals surface area (Å²) in [6.07, 6.45) is 5.13. The highest BCUT2D eigenvalue weighted by Crippen LogP contribution is 2.36. The van der Waals surface area contributed by atoms with E-state index in [2.05, 4.69) is 4.98 Å². The van der Waals surface area contributed by atoms with Gasteiger partial charge < -0.3 is 19.2 Å². The summed E-state index contributed by atoms with van der Waals surface area (Å²) in [5.41, 5.74) is 0.789. The van der Waals surface area contributed by atoms with Gasteiger partial charge in [-0.25, -0.2) is 9.37 Å². The topological polar surface area (TPSA) is 88.7 Å². The van der Waals surface area contributed by atoms with Gasteiger partial charge in [0.25, 0.3) is 0 Å². The van der Waals surface area contributed by atoms with Crippen molar-refractivity contribution < 1.29 is 27.8 Å². The van der Waals surface area contributed by atoms with Crippen LogP contribution in [-0.2, 0) is 16.0 Å². The lowest BCUT2D eigenvalue weighted by molar-refractivity contribution is -0.142. The lowest BCUT2D eigenvalue weighted by Crippen LogP contribution is -2.37. The van der Waals surface area contributed by atoms with Crippen molar-refractivity contribution in [3.63, 3.8) is 0 Å². The van der Waals surface area contributed by atoms with Crippen LogP contribution in [0.15, 0.2) is 29.0 Å². The smallest absolute Gasteiger partial charge is 0.306 e. The maximum atomic E-state index is 14.9. The van der Waals surface area contributed by atoms with Crippen LogP contribution in [0.1, 0.15) is 25.0 Å². The molecule has 0 saturated carbocycles. The molecule has 9 heteroatoms. The Balaban J connectivity index is 1.75. The van der Waals surface area contributed by atoms with Gasteiger partial charge in [-0.05, 0) is 37.8 Å². The van der Waals surface area contributed by atoms with Gasteiger partial charge in [-0.1, -0.05) is 0 Å². The van der Waals surface area contributed by atoms with E-state index in [-0.39, 0.29) is 16.8 Å². The molecule has 2 aromatic heterocycles. The van der Waals surface area contributed by atoms with E-state index in [1.54, 1.807) is 19.4 Å². The monoisotopic (exact) mass is 431 g/mol. The second kappa shape index (κ2) is 8.97. The highest BCUT2D eigenvalue weighted by atomic mass is 19.2. The first-order chi connectivity index (χ1) is 15.0. The maximum Gasteiger partial charge on any atom is 0.306 e. The number of carbonyl (C=O) groups is 1. The number of furan rings is 1. The Bertz CT molecular complexity index is 1090. The Morgan fingerprint density at radius 3 is 2.81 bits per heavy atom. The van der Waals surface area contributed by atoms with E-state index >= 15 is 0 Å². The summed E-state index contributed by atoms with van der Waals surface area (Å²) in [4.78, 5) is 22.4. The molecular weight excluding hydrogens is 408 g/mol. The summed E-state index contributed by atoms with van der Waals surface area (Å²) < 4.78 is 39.6. The van der Waals surface area contributed by atoms with Gasteiger partial charge in [0.1, 0.15) is 5.69 Å². The summed E-state index contributed by atoms with van der Waals surface area (Å²) in [7, 11) is 1.62. The zero-order chi connectivity index (χ0) is 22.0. The van der Waals surface area contributed by atoms with E-state index in [1.165, 1.54) is 12.3 Å². The fraction of sp³-hybridized carbons (Fsp3) is 0.409. The molecule has 3 aromatic rings. The van der Waals surface area contributed by atoms with E-state index in [4.69, 9.17) is 14.1 Å². The Morgan fingerprint density at radius 2 is 2.10 bits per heavy atom. The van der Waals surface area contributed by atoms with Crippen molar-refractivity contribution in [1.82, 2.24) is 9.97 Å². The molecule has 1 aromatic carbocycles. The number of ether oxygens (including phenoxy) is 1. The van der Waals surface area contributed by atoms with Crippen LogP contribution in [0, 0.1) is 17.6 Å². The number of nitrogens with zero attached hydrogens (tertiary/aromatic N) is 3. The van der Waals surface area contributed by atoms with Crippen LogP contribution in [-0.4, -0.2) is 47.8 Å². The molecule has 1 aliphatic heterocycles. The van der Waals surface area contributed by atoms with Crippen molar-refractivity contribution in [1.29, 1.82) is 0 Å². The van der Waals surface area contributed by atoms with Crippen molar-refractivity contribution in [2.75, 3.05) is 31.7 Å². The van der Waals surface area contributed by atoms with E-state index in [9.17, 15) is 18.7 Å². The van der Waals surface area contributed by atoms with Gasteiger partial charge in [0, 0.05) is 44.0 Å². The molecule has 0 radical (unpaired) electrons. The second-order valence-electron chi connectivity index (χ2n) is 7.62. The van der Waals surface area contributed by atoms with Gasteiger partial charge in [0.2, 0.25) is 5.82 Å². The summed E-state index contributed by atoms with van der Waals surface area (Å²) in [5, 5.41) is 9.71. The molecule has 0 spiro atoms. The Labute approximate surface area is 177 Å². The van der Waals surface area contributed by atoms with Gasteiger partial charge in [-0.2, -0.15) is 4.39 Å². The van der Waals surface area contributed by atoms with Crippen molar-refractivity contribution >= 4 is 22.8 Å². The minimum absolute atomic E-state index is 0.00213. The third-order valence-corrected chi connectivity index (χ3v) is 5.61. The molecule has 0 atom stereocenters. The van der Waals surface area contributed by atoms with Gasteiger partial charge >= 0.3 is 5.97 Å². The number of fused-ring (bicyclic) bond motifs is 1. The lowest BCUT2D eigenvalue weighted by atomic mass is 9.96. The minimum atomic E-state index is -1.07. The zero-order valence-electron chi connectivity index (χ0n) is 17.1. The molecule has 1 saturated heterocycles.